The lowest BCUT2D eigenvalue weighted by Gasteiger charge is -2.26. The molecule has 1 unspecified atom stereocenters. The molecule has 0 amide bonds. The smallest absolute Gasteiger partial charge is 0.176 e. The van der Waals surface area contributed by atoms with Gasteiger partial charge >= 0.3 is 0 Å². The maximum absolute atomic E-state index is 5.73. The van der Waals surface area contributed by atoms with Crippen molar-refractivity contribution in [2.75, 3.05) is 25.1 Å². The molecule has 1 aliphatic heterocycles. The molecule has 5 heterocycles. The molecule has 33 heavy (non-hydrogen) atoms. The Morgan fingerprint density at radius 1 is 1.03 bits per heavy atom. The van der Waals surface area contributed by atoms with Gasteiger partial charge in [0.25, 0.3) is 0 Å². The van der Waals surface area contributed by atoms with Crippen LogP contribution in [0.1, 0.15) is 38.6 Å². The zero-order valence-electron chi connectivity index (χ0n) is 20.2. The van der Waals surface area contributed by atoms with Gasteiger partial charge in [0, 0.05) is 24.7 Å². The van der Waals surface area contributed by atoms with Crippen LogP contribution in [0.25, 0.3) is 27.9 Å². The van der Waals surface area contributed by atoms with Crippen LogP contribution in [0.5, 0.6) is 5.75 Å². The minimum Gasteiger partial charge on any atom is -0.492 e. The minimum absolute atomic E-state index is 0.115. The normalized spacial score (nSPS) is 16.8. The van der Waals surface area contributed by atoms with E-state index in [-0.39, 0.29) is 5.54 Å². The number of hydrogen-bond donors (Lipinski definition) is 1. The maximum Gasteiger partial charge on any atom is 0.176 e. The SMILES string of the molecule is COc1c(-c2ccc3nc(N4CCC(NC(C)(C)C)C4)ccc3n2)nn2cc(C)nc(C)c12. The Labute approximate surface area is 194 Å². The summed E-state index contributed by atoms with van der Waals surface area (Å²) in [6.45, 7) is 12.5. The molecular weight excluding hydrogens is 414 g/mol. The van der Waals surface area contributed by atoms with E-state index in [1.807, 2.05) is 42.8 Å². The molecule has 1 fully saturated rings. The van der Waals surface area contributed by atoms with Crippen molar-refractivity contribution >= 4 is 22.4 Å². The van der Waals surface area contributed by atoms with E-state index < -0.39 is 0 Å². The standard InChI is InChI=1S/C25H31N7O/c1-15-13-32-23(16(2)26-15)24(33-6)22(30-32)20-8-7-19-18(27-20)9-10-21(28-19)31-12-11-17(14-31)29-25(3,4)5/h7-10,13,17,29H,11-12,14H2,1-6H3. The molecule has 5 rings (SSSR count). The fourth-order valence-electron chi connectivity index (χ4n) is 4.73. The second kappa shape index (κ2) is 7.95. The lowest BCUT2D eigenvalue weighted by atomic mass is 10.1. The van der Waals surface area contributed by atoms with Gasteiger partial charge in [-0.15, -0.1) is 0 Å². The number of nitrogens with one attached hydrogen (secondary N) is 1. The first kappa shape index (κ1) is 21.6. The first-order valence-corrected chi connectivity index (χ1v) is 11.4. The van der Waals surface area contributed by atoms with Crippen molar-refractivity contribution < 1.29 is 4.74 Å². The van der Waals surface area contributed by atoms with Gasteiger partial charge in [-0.2, -0.15) is 5.10 Å². The highest BCUT2D eigenvalue weighted by molar-refractivity contribution is 5.83. The Morgan fingerprint density at radius 2 is 1.79 bits per heavy atom. The summed E-state index contributed by atoms with van der Waals surface area (Å²) in [6.07, 6.45) is 3.02. The van der Waals surface area contributed by atoms with Crippen LogP contribution in [0, 0.1) is 13.8 Å². The van der Waals surface area contributed by atoms with Crippen LogP contribution in [-0.2, 0) is 0 Å². The van der Waals surface area contributed by atoms with Crippen molar-refractivity contribution in [1.82, 2.24) is 29.9 Å². The number of ether oxygens (including phenoxy) is 1. The topological polar surface area (TPSA) is 80.5 Å². The molecule has 0 bridgehead atoms. The average Bonchev–Trinajstić information content (AvgIpc) is 3.36. The predicted molar refractivity (Wildman–Crippen MR) is 131 cm³/mol. The number of methoxy groups -OCH3 is 1. The van der Waals surface area contributed by atoms with Gasteiger partial charge in [-0.05, 0) is 65.3 Å². The van der Waals surface area contributed by atoms with E-state index >= 15 is 0 Å². The second-order valence-electron chi connectivity index (χ2n) is 9.87. The van der Waals surface area contributed by atoms with Crippen LogP contribution in [-0.4, -0.2) is 56.3 Å². The Bertz CT molecular complexity index is 1340. The fourth-order valence-corrected chi connectivity index (χ4v) is 4.73. The van der Waals surface area contributed by atoms with E-state index in [1.54, 1.807) is 7.11 Å². The van der Waals surface area contributed by atoms with Crippen molar-refractivity contribution in [3.63, 3.8) is 0 Å². The summed E-state index contributed by atoms with van der Waals surface area (Å²) in [5, 5.41) is 8.46. The molecule has 1 N–H and O–H groups in total. The van der Waals surface area contributed by atoms with Crippen molar-refractivity contribution in [2.45, 2.75) is 52.6 Å². The molecule has 1 saturated heterocycles. The highest BCUT2D eigenvalue weighted by Crippen LogP contribution is 2.34. The zero-order chi connectivity index (χ0) is 23.3. The lowest BCUT2D eigenvalue weighted by molar-refractivity contribution is 0.373. The van der Waals surface area contributed by atoms with Crippen LogP contribution < -0.4 is 15.0 Å². The second-order valence-corrected chi connectivity index (χ2v) is 9.87. The summed E-state index contributed by atoms with van der Waals surface area (Å²) in [5.41, 5.74) is 5.93. The molecule has 4 aromatic heterocycles. The van der Waals surface area contributed by atoms with Crippen LogP contribution in [0.15, 0.2) is 30.5 Å². The van der Waals surface area contributed by atoms with Crippen LogP contribution >= 0.6 is 0 Å². The number of fused-ring (bicyclic) bond motifs is 2. The Balaban J connectivity index is 1.47. The minimum atomic E-state index is 0.115. The van der Waals surface area contributed by atoms with E-state index in [1.165, 1.54) is 0 Å². The maximum atomic E-state index is 5.73. The molecular formula is C25H31N7O. The van der Waals surface area contributed by atoms with Gasteiger partial charge < -0.3 is 15.0 Å². The molecule has 1 aliphatic rings. The van der Waals surface area contributed by atoms with Gasteiger partial charge in [0.2, 0.25) is 0 Å². The van der Waals surface area contributed by atoms with Crippen LogP contribution in [0.2, 0.25) is 0 Å². The molecule has 8 heteroatoms. The average molecular weight is 446 g/mol. The molecule has 1 atom stereocenters. The summed E-state index contributed by atoms with van der Waals surface area (Å²) in [6, 6.07) is 8.57. The summed E-state index contributed by atoms with van der Waals surface area (Å²) in [7, 11) is 1.66. The predicted octanol–water partition coefficient (Wildman–Crippen LogP) is 3.93. The molecule has 0 aliphatic carbocycles. The number of anilines is 1. The third kappa shape index (κ3) is 4.11. The monoisotopic (exact) mass is 445 g/mol. The molecule has 172 valence electrons. The lowest BCUT2D eigenvalue weighted by Crippen LogP contribution is -2.44. The summed E-state index contributed by atoms with van der Waals surface area (Å²) in [5.74, 6) is 1.68. The van der Waals surface area contributed by atoms with Crippen molar-refractivity contribution in [1.29, 1.82) is 0 Å². The summed E-state index contributed by atoms with van der Waals surface area (Å²) < 4.78 is 7.55. The number of rotatable bonds is 4. The number of aromatic nitrogens is 5. The third-order valence-electron chi connectivity index (χ3n) is 5.99. The van der Waals surface area contributed by atoms with E-state index in [9.17, 15) is 0 Å². The van der Waals surface area contributed by atoms with Gasteiger partial charge in [-0.1, -0.05) is 0 Å². The van der Waals surface area contributed by atoms with Crippen LogP contribution in [0.4, 0.5) is 5.82 Å². The van der Waals surface area contributed by atoms with Crippen molar-refractivity contribution in [2.24, 2.45) is 0 Å². The van der Waals surface area contributed by atoms with E-state index in [0.29, 0.717) is 17.5 Å². The highest BCUT2D eigenvalue weighted by atomic mass is 16.5. The first-order chi connectivity index (χ1) is 15.7. The van der Waals surface area contributed by atoms with Gasteiger partial charge in [0.05, 0.1) is 41.4 Å². The van der Waals surface area contributed by atoms with E-state index in [4.69, 9.17) is 19.8 Å². The van der Waals surface area contributed by atoms with E-state index in [2.05, 4.69) is 42.0 Å². The quantitative estimate of drug-likeness (QED) is 0.510. The zero-order valence-corrected chi connectivity index (χ0v) is 20.2. The van der Waals surface area contributed by atoms with Gasteiger partial charge in [-0.3, -0.25) is 4.98 Å². The number of pyridine rings is 2. The molecule has 0 aromatic carbocycles. The number of nitrogens with zero attached hydrogens (tertiary/aromatic N) is 6. The fraction of sp³-hybridized carbons (Fsp3) is 0.440. The molecule has 0 radical (unpaired) electrons. The third-order valence-corrected chi connectivity index (χ3v) is 5.99. The summed E-state index contributed by atoms with van der Waals surface area (Å²) in [4.78, 5) is 16.7. The van der Waals surface area contributed by atoms with Gasteiger partial charge in [0.1, 0.15) is 11.3 Å². The summed E-state index contributed by atoms with van der Waals surface area (Å²) >= 11 is 0. The Morgan fingerprint density at radius 3 is 2.55 bits per heavy atom. The van der Waals surface area contributed by atoms with Crippen molar-refractivity contribution in [3.05, 3.63) is 41.9 Å². The highest BCUT2D eigenvalue weighted by Gasteiger charge is 2.27. The van der Waals surface area contributed by atoms with Crippen molar-refractivity contribution in [3.8, 4) is 17.1 Å². The molecule has 8 nitrogen and oxygen atoms in total. The molecule has 0 saturated carbocycles. The Hall–Kier alpha value is -3.26. The van der Waals surface area contributed by atoms with E-state index in [0.717, 1.165) is 59.0 Å². The Kier molecular flexibility index (Phi) is 5.20. The van der Waals surface area contributed by atoms with Crippen LogP contribution in [0.3, 0.4) is 0 Å². The largest absolute Gasteiger partial charge is 0.492 e. The number of aryl methyl sites for hydroxylation is 2. The molecule has 0 spiro atoms. The van der Waals surface area contributed by atoms with Gasteiger partial charge in [-0.25, -0.2) is 14.5 Å². The first-order valence-electron chi connectivity index (χ1n) is 11.4. The number of hydrogen-bond acceptors (Lipinski definition) is 7. The molecule has 4 aromatic rings. The van der Waals surface area contributed by atoms with Gasteiger partial charge in [0.15, 0.2) is 11.4 Å².